The molecule has 2 N–H and O–H groups in total. The van der Waals surface area contributed by atoms with Gasteiger partial charge in [-0.2, -0.15) is 0 Å². The lowest BCUT2D eigenvalue weighted by atomic mass is 10.2. The van der Waals surface area contributed by atoms with Crippen LogP contribution in [0.4, 0.5) is 9.93 Å². The number of aliphatic carboxylic acids is 1. The molecular formula is C13H19N3O3S. The Kier molecular flexibility index (Phi) is 4.59. The van der Waals surface area contributed by atoms with Crippen LogP contribution in [0.5, 0.6) is 0 Å². The van der Waals surface area contributed by atoms with E-state index in [1.165, 1.54) is 11.3 Å². The summed E-state index contributed by atoms with van der Waals surface area (Å²) in [7, 11) is 0. The summed E-state index contributed by atoms with van der Waals surface area (Å²) in [6, 6.07) is -0.0720. The van der Waals surface area contributed by atoms with Gasteiger partial charge in [0.25, 0.3) is 0 Å². The van der Waals surface area contributed by atoms with Crippen LogP contribution >= 0.6 is 11.3 Å². The summed E-state index contributed by atoms with van der Waals surface area (Å²) in [4.78, 5) is 28.8. The Bertz CT molecular complexity index is 497. The van der Waals surface area contributed by atoms with E-state index in [0.29, 0.717) is 11.0 Å². The average Bonchev–Trinajstić information content (AvgIpc) is 3.08. The molecule has 1 fully saturated rings. The number of aromatic nitrogens is 1. The lowest BCUT2D eigenvalue weighted by Crippen LogP contribution is -2.38. The van der Waals surface area contributed by atoms with Crippen molar-refractivity contribution in [3.8, 4) is 0 Å². The van der Waals surface area contributed by atoms with Crippen molar-refractivity contribution in [2.24, 2.45) is 0 Å². The monoisotopic (exact) mass is 297 g/mol. The first kappa shape index (κ1) is 14.8. The molecule has 1 aromatic heterocycles. The number of rotatable bonds is 6. The molecule has 20 heavy (non-hydrogen) atoms. The van der Waals surface area contributed by atoms with Crippen LogP contribution in [-0.2, 0) is 4.79 Å². The maximum atomic E-state index is 12.2. The smallest absolute Gasteiger partial charge is 0.323 e. The van der Waals surface area contributed by atoms with Gasteiger partial charge in [0.05, 0.1) is 12.1 Å². The summed E-state index contributed by atoms with van der Waals surface area (Å²) < 4.78 is 0. The molecule has 1 aliphatic carbocycles. The van der Waals surface area contributed by atoms with E-state index in [1.807, 2.05) is 19.2 Å². The molecule has 0 aromatic carbocycles. The molecule has 2 rings (SSSR count). The Morgan fingerprint density at radius 1 is 1.55 bits per heavy atom. The Labute approximate surface area is 121 Å². The number of hydrogen-bond acceptors (Lipinski definition) is 4. The van der Waals surface area contributed by atoms with Gasteiger partial charge in [0, 0.05) is 18.0 Å². The molecule has 6 nitrogen and oxygen atoms in total. The minimum atomic E-state index is -0.889. The quantitative estimate of drug-likeness (QED) is 0.845. The third kappa shape index (κ3) is 3.93. The maximum Gasteiger partial charge on any atom is 0.323 e. The Hall–Kier alpha value is -1.63. The van der Waals surface area contributed by atoms with Gasteiger partial charge in [-0.1, -0.05) is 13.8 Å². The molecule has 2 amide bonds. The van der Waals surface area contributed by atoms with Crippen LogP contribution in [0.2, 0.25) is 0 Å². The summed E-state index contributed by atoms with van der Waals surface area (Å²) in [6.07, 6.45) is 1.86. The van der Waals surface area contributed by atoms with E-state index in [9.17, 15) is 9.59 Å². The molecule has 7 heteroatoms. The van der Waals surface area contributed by atoms with Gasteiger partial charge in [-0.3, -0.25) is 10.1 Å². The van der Waals surface area contributed by atoms with Crippen LogP contribution < -0.4 is 5.32 Å². The van der Waals surface area contributed by atoms with E-state index in [4.69, 9.17) is 5.11 Å². The number of carboxylic acids is 1. The summed E-state index contributed by atoms with van der Waals surface area (Å²) in [5.41, 5.74) is 0.953. The zero-order valence-electron chi connectivity index (χ0n) is 11.6. The normalized spacial score (nSPS) is 14.3. The van der Waals surface area contributed by atoms with Crippen molar-refractivity contribution in [3.05, 3.63) is 11.1 Å². The largest absolute Gasteiger partial charge is 0.481 e. The van der Waals surface area contributed by atoms with Gasteiger partial charge in [0.1, 0.15) is 0 Å². The first-order chi connectivity index (χ1) is 9.47. The summed E-state index contributed by atoms with van der Waals surface area (Å²) in [5.74, 6) is -0.566. The molecule has 0 spiro atoms. The zero-order valence-corrected chi connectivity index (χ0v) is 12.4. The van der Waals surface area contributed by atoms with Gasteiger partial charge in [0.2, 0.25) is 0 Å². The van der Waals surface area contributed by atoms with Crippen LogP contribution in [0.15, 0.2) is 5.38 Å². The van der Waals surface area contributed by atoms with Crippen molar-refractivity contribution >= 4 is 28.5 Å². The predicted octanol–water partition coefficient (Wildman–Crippen LogP) is 2.74. The molecule has 0 unspecified atom stereocenters. The van der Waals surface area contributed by atoms with Crippen LogP contribution in [0.1, 0.15) is 44.7 Å². The molecule has 1 aliphatic rings. The lowest BCUT2D eigenvalue weighted by molar-refractivity contribution is -0.137. The molecular weight excluding hydrogens is 278 g/mol. The average molecular weight is 297 g/mol. The van der Waals surface area contributed by atoms with Crippen LogP contribution in [0.3, 0.4) is 0 Å². The molecule has 0 atom stereocenters. The van der Waals surface area contributed by atoms with E-state index in [-0.39, 0.29) is 25.0 Å². The van der Waals surface area contributed by atoms with E-state index in [0.717, 1.165) is 18.5 Å². The van der Waals surface area contributed by atoms with Crippen LogP contribution in [-0.4, -0.2) is 39.6 Å². The van der Waals surface area contributed by atoms with Gasteiger partial charge in [0.15, 0.2) is 5.13 Å². The van der Waals surface area contributed by atoms with Gasteiger partial charge in [-0.05, 0) is 18.8 Å². The van der Waals surface area contributed by atoms with Crippen molar-refractivity contribution in [2.75, 3.05) is 11.9 Å². The third-order valence-corrected chi connectivity index (χ3v) is 3.92. The Balaban J connectivity index is 1.95. The van der Waals surface area contributed by atoms with Gasteiger partial charge in [-0.25, -0.2) is 9.78 Å². The molecule has 1 heterocycles. The Morgan fingerprint density at radius 2 is 2.25 bits per heavy atom. The van der Waals surface area contributed by atoms with Crippen molar-refractivity contribution in [1.82, 2.24) is 9.88 Å². The standard InChI is InChI=1S/C13H19N3O3S/c1-8(2)10-7-20-12(14-10)15-13(19)16(9-3-4-9)6-5-11(17)18/h7-9H,3-6H2,1-2H3,(H,17,18)(H,14,15,19). The third-order valence-electron chi connectivity index (χ3n) is 3.14. The van der Waals surface area contributed by atoms with E-state index < -0.39 is 5.97 Å². The number of anilines is 1. The van der Waals surface area contributed by atoms with Gasteiger partial charge < -0.3 is 10.0 Å². The number of urea groups is 1. The van der Waals surface area contributed by atoms with E-state index in [2.05, 4.69) is 10.3 Å². The second-order valence-corrected chi connectivity index (χ2v) is 6.09. The zero-order chi connectivity index (χ0) is 14.7. The summed E-state index contributed by atoms with van der Waals surface area (Å²) >= 11 is 1.39. The first-order valence-electron chi connectivity index (χ1n) is 6.72. The highest BCUT2D eigenvalue weighted by atomic mass is 32.1. The second kappa shape index (κ2) is 6.21. The fourth-order valence-electron chi connectivity index (χ4n) is 1.82. The minimum Gasteiger partial charge on any atom is -0.481 e. The van der Waals surface area contributed by atoms with Crippen molar-refractivity contribution in [2.45, 2.75) is 45.1 Å². The van der Waals surface area contributed by atoms with Crippen LogP contribution in [0, 0.1) is 0 Å². The van der Waals surface area contributed by atoms with Crippen molar-refractivity contribution < 1.29 is 14.7 Å². The fourth-order valence-corrected chi connectivity index (χ4v) is 2.69. The Morgan fingerprint density at radius 3 is 2.75 bits per heavy atom. The topological polar surface area (TPSA) is 82.5 Å². The van der Waals surface area contributed by atoms with Crippen LogP contribution in [0.25, 0.3) is 0 Å². The van der Waals surface area contributed by atoms with Gasteiger partial charge >= 0.3 is 12.0 Å². The minimum absolute atomic E-state index is 0.0287. The molecule has 0 radical (unpaired) electrons. The second-order valence-electron chi connectivity index (χ2n) is 5.23. The highest BCUT2D eigenvalue weighted by Gasteiger charge is 2.33. The number of amides is 2. The predicted molar refractivity (Wildman–Crippen MR) is 77.2 cm³/mol. The highest BCUT2D eigenvalue weighted by Crippen LogP contribution is 2.28. The number of thiazole rings is 1. The first-order valence-corrected chi connectivity index (χ1v) is 7.60. The SMILES string of the molecule is CC(C)c1csc(NC(=O)N(CCC(=O)O)C2CC2)n1. The molecule has 0 bridgehead atoms. The summed E-state index contributed by atoms with van der Waals surface area (Å²) in [6.45, 7) is 4.34. The number of hydrogen-bond donors (Lipinski definition) is 2. The summed E-state index contributed by atoms with van der Waals surface area (Å²) in [5, 5.41) is 14.0. The number of nitrogens with one attached hydrogen (secondary N) is 1. The number of carbonyl (C=O) groups excluding carboxylic acids is 1. The van der Waals surface area contributed by atoms with Gasteiger partial charge in [-0.15, -0.1) is 11.3 Å². The van der Waals surface area contributed by atoms with E-state index in [1.54, 1.807) is 4.90 Å². The molecule has 1 aromatic rings. The molecule has 0 aliphatic heterocycles. The molecule has 0 saturated heterocycles. The highest BCUT2D eigenvalue weighted by molar-refractivity contribution is 7.13. The van der Waals surface area contributed by atoms with E-state index >= 15 is 0 Å². The number of carbonyl (C=O) groups is 2. The van der Waals surface area contributed by atoms with Crippen molar-refractivity contribution in [3.63, 3.8) is 0 Å². The number of carboxylic acid groups (broad SMARTS) is 1. The lowest BCUT2D eigenvalue weighted by Gasteiger charge is -2.21. The van der Waals surface area contributed by atoms with Crippen molar-refractivity contribution in [1.29, 1.82) is 0 Å². The molecule has 110 valence electrons. The molecule has 1 saturated carbocycles. The fraction of sp³-hybridized carbons (Fsp3) is 0.615. The maximum absolute atomic E-state index is 12.2. The number of nitrogens with zero attached hydrogens (tertiary/aromatic N) is 2.